The summed E-state index contributed by atoms with van der Waals surface area (Å²) < 4.78 is 52.7. The van der Waals surface area contributed by atoms with Crippen LogP contribution in [0.15, 0.2) is 35.2 Å². The van der Waals surface area contributed by atoms with Gasteiger partial charge < -0.3 is 10.2 Å². The molecule has 0 amide bonds. The number of halogens is 2. The summed E-state index contributed by atoms with van der Waals surface area (Å²) in [6.07, 6.45) is 0.731. The Morgan fingerprint density at radius 3 is 2.19 bits per heavy atom. The van der Waals surface area contributed by atoms with E-state index in [0.29, 0.717) is 6.54 Å². The standard InChI is InChI=1S/C15H26N4O4S2.2ClH/c20-24(21,17-7-4-11-19-12-8-16-9-13-19)14-10-18-25(22,23)15-5-2-1-3-6-15;;/h1-3,5-6,16-18H,4,7-14H2;2*1H. The molecule has 8 nitrogen and oxygen atoms in total. The molecule has 1 aliphatic rings. The molecule has 27 heavy (non-hydrogen) atoms. The largest absolute Gasteiger partial charge is 0.314 e. The quantitative estimate of drug-likeness (QED) is 0.423. The molecule has 3 N–H and O–H groups in total. The Kier molecular flexibility index (Phi) is 12.7. The third-order valence-electron chi connectivity index (χ3n) is 3.90. The molecule has 1 heterocycles. The lowest BCUT2D eigenvalue weighted by Gasteiger charge is -2.27. The number of rotatable bonds is 10. The van der Waals surface area contributed by atoms with Gasteiger partial charge in [0.2, 0.25) is 20.0 Å². The maximum Gasteiger partial charge on any atom is 0.240 e. The second-order valence-corrected chi connectivity index (χ2v) is 9.56. The third kappa shape index (κ3) is 10.0. The fraction of sp³-hybridized carbons (Fsp3) is 0.600. The summed E-state index contributed by atoms with van der Waals surface area (Å²) >= 11 is 0. The molecule has 1 fully saturated rings. The van der Waals surface area contributed by atoms with Gasteiger partial charge in [0.05, 0.1) is 10.6 Å². The molecule has 1 aliphatic heterocycles. The molecule has 1 aromatic rings. The van der Waals surface area contributed by atoms with E-state index in [1.54, 1.807) is 18.2 Å². The number of sulfonamides is 2. The Morgan fingerprint density at radius 1 is 0.926 bits per heavy atom. The molecule has 0 aromatic heterocycles. The fourth-order valence-electron chi connectivity index (χ4n) is 2.53. The van der Waals surface area contributed by atoms with Crippen molar-refractivity contribution in [1.82, 2.24) is 19.7 Å². The van der Waals surface area contributed by atoms with Crippen molar-refractivity contribution in [2.75, 3.05) is 51.6 Å². The summed E-state index contributed by atoms with van der Waals surface area (Å²) in [4.78, 5) is 2.41. The van der Waals surface area contributed by atoms with Crippen molar-refractivity contribution in [3.63, 3.8) is 0 Å². The van der Waals surface area contributed by atoms with Gasteiger partial charge in [0, 0.05) is 39.3 Å². The first-order chi connectivity index (χ1) is 11.9. The summed E-state index contributed by atoms with van der Waals surface area (Å²) in [5.74, 6) is -0.285. The molecular weight excluding hydrogens is 435 g/mol. The van der Waals surface area contributed by atoms with Gasteiger partial charge in [0.25, 0.3) is 0 Å². The second-order valence-electron chi connectivity index (χ2n) is 5.87. The molecule has 0 aliphatic carbocycles. The zero-order chi connectivity index (χ0) is 18.2. The van der Waals surface area contributed by atoms with Gasteiger partial charge >= 0.3 is 0 Å². The zero-order valence-corrected chi connectivity index (χ0v) is 18.2. The summed E-state index contributed by atoms with van der Waals surface area (Å²) in [6, 6.07) is 7.88. The van der Waals surface area contributed by atoms with Crippen LogP contribution < -0.4 is 14.8 Å². The lowest BCUT2D eigenvalue weighted by molar-refractivity contribution is 0.239. The van der Waals surface area contributed by atoms with E-state index in [-0.39, 0.29) is 42.0 Å². The molecular formula is C15H28Cl2N4O4S2. The highest BCUT2D eigenvalue weighted by atomic mass is 35.5. The first kappa shape index (κ1) is 26.5. The second kappa shape index (κ2) is 12.9. The average molecular weight is 463 g/mol. The Hall–Kier alpha value is -0.460. The molecule has 0 spiro atoms. The van der Waals surface area contributed by atoms with Crippen LogP contribution >= 0.6 is 24.8 Å². The number of nitrogens with zero attached hydrogens (tertiary/aromatic N) is 1. The van der Waals surface area contributed by atoms with Crippen LogP contribution in [0.4, 0.5) is 0 Å². The van der Waals surface area contributed by atoms with Crippen molar-refractivity contribution < 1.29 is 16.8 Å². The Bertz CT molecular complexity index is 727. The lowest BCUT2D eigenvalue weighted by atomic mass is 10.3. The molecule has 1 aromatic carbocycles. The van der Waals surface area contributed by atoms with Crippen molar-refractivity contribution in [3.8, 4) is 0 Å². The van der Waals surface area contributed by atoms with Crippen LogP contribution in [0, 0.1) is 0 Å². The molecule has 12 heteroatoms. The number of hydrogen-bond donors (Lipinski definition) is 3. The predicted octanol–water partition coefficient (Wildman–Crippen LogP) is 0.0232. The highest BCUT2D eigenvalue weighted by Crippen LogP contribution is 2.06. The van der Waals surface area contributed by atoms with E-state index in [2.05, 4.69) is 19.7 Å². The summed E-state index contributed by atoms with van der Waals surface area (Å²) in [5.41, 5.74) is 0. The van der Waals surface area contributed by atoms with Crippen LogP contribution in [0.25, 0.3) is 0 Å². The van der Waals surface area contributed by atoms with Gasteiger partial charge in [-0.2, -0.15) is 0 Å². The van der Waals surface area contributed by atoms with Gasteiger partial charge in [0.15, 0.2) is 0 Å². The van der Waals surface area contributed by atoms with E-state index >= 15 is 0 Å². The van der Waals surface area contributed by atoms with Crippen molar-refractivity contribution in [3.05, 3.63) is 30.3 Å². The summed E-state index contributed by atoms with van der Waals surface area (Å²) in [7, 11) is -7.17. The van der Waals surface area contributed by atoms with Gasteiger partial charge in [-0.25, -0.2) is 26.3 Å². The number of benzene rings is 1. The van der Waals surface area contributed by atoms with Crippen molar-refractivity contribution >= 4 is 44.9 Å². The van der Waals surface area contributed by atoms with Gasteiger partial charge in [0.1, 0.15) is 0 Å². The smallest absolute Gasteiger partial charge is 0.240 e. The van der Waals surface area contributed by atoms with E-state index < -0.39 is 20.0 Å². The monoisotopic (exact) mass is 462 g/mol. The Balaban J connectivity index is 0.00000338. The van der Waals surface area contributed by atoms with E-state index in [0.717, 1.165) is 39.1 Å². The van der Waals surface area contributed by atoms with Crippen LogP contribution in [-0.2, 0) is 20.0 Å². The maximum absolute atomic E-state index is 12.0. The van der Waals surface area contributed by atoms with Gasteiger partial charge in [-0.05, 0) is 25.1 Å². The van der Waals surface area contributed by atoms with Crippen molar-refractivity contribution in [1.29, 1.82) is 0 Å². The molecule has 0 saturated carbocycles. The molecule has 0 radical (unpaired) electrons. The average Bonchev–Trinajstić information content (AvgIpc) is 2.60. The molecule has 158 valence electrons. The van der Waals surface area contributed by atoms with Gasteiger partial charge in [-0.15, -0.1) is 24.8 Å². The molecule has 1 saturated heterocycles. The molecule has 0 unspecified atom stereocenters. The first-order valence-electron chi connectivity index (χ1n) is 8.34. The highest BCUT2D eigenvalue weighted by molar-refractivity contribution is 7.90. The van der Waals surface area contributed by atoms with E-state index in [4.69, 9.17) is 0 Å². The van der Waals surface area contributed by atoms with E-state index in [9.17, 15) is 16.8 Å². The van der Waals surface area contributed by atoms with Gasteiger partial charge in [-0.1, -0.05) is 18.2 Å². The summed E-state index contributed by atoms with van der Waals surface area (Å²) in [5, 5.41) is 3.27. The lowest BCUT2D eigenvalue weighted by Crippen LogP contribution is -2.44. The molecule has 2 rings (SSSR count). The van der Waals surface area contributed by atoms with Crippen LogP contribution in [0.2, 0.25) is 0 Å². The minimum Gasteiger partial charge on any atom is -0.314 e. The number of nitrogens with one attached hydrogen (secondary N) is 3. The highest BCUT2D eigenvalue weighted by Gasteiger charge is 2.16. The Morgan fingerprint density at radius 2 is 1.56 bits per heavy atom. The minimum atomic E-state index is -3.68. The van der Waals surface area contributed by atoms with Crippen molar-refractivity contribution in [2.45, 2.75) is 11.3 Å². The minimum absolute atomic E-state index is 0. The third-order valence-corrected chi connectivity index (χ3v) is 6.76. The molecule has 0 bridgehead atoms. The zero-order valence-electron chi connectivity index (χ0n) is 15.0. The first-order valence-corrected chi connectivity index (χ1v) is 11.5. The molecule has 0 atom stereocenters. The maximum atomic E-state index is 12.0. The van der Waals surface area contributed by atoms with Crippen LogP contribution in [0.1, 0.15) is 6.42 Å². The fourth-order valence-corrected chi connectivity index (χ4v) is 4.68. The van der Waals surface area contributed by atoms with Crippen LogP contribution in [-0.4, -0.2) is 73.3 Å². The van der Waals surface area contributed by atoms with Crippen LogP contribution in [0.5, 0.6) is 0 Å². The SMILES string of the molecule is Cl.Cl.O=S(=O)(CCNS(=O)(=O)c1ccccc1)NCCCN1CCNCC1. The van der Waals surface area contributed by atoms with E-state index in [1.165, 1.54) is 12.1 Å². The number of piperazine rings is 1. The topological polar surface area (TPSA) is 108 Å². The predicted molar refractivity (Wildman–Crippen MR) is 112 cm³/mol. The summed E-state index contributed by atoms with van der Waals surface area (Å²) in [6.45, 7) is 4.94. The Labute approximate surface area is 174 Å². The normalized spacial score (nSPS) is 15.6. The van der Waals surface area contributed by atoms with E-state index in [1.807, 2.05) is 0 Å². The van der Waals surface area contributed by atoms with Crippen LogP contribution in [0.3, 0.4) is 0 Å². The number of hydrogen-bond acceptors (Lipinski definition) is 6. The van der Waals surface area contributed by atoms with Crippen molar-refractivity contribution in [2.24, 2.45) is 0 Å². The van der Waals surface area contributed by atoms with Gasteiger partial charge in [-0.3, -0.25) is 0 Å².